The summed E-state index contributed by atoms with van der Waals surface area (Å²) in [5.74, 6) is 3.82. The van der Waals surface area contributed by atoms with Crippen molar-refractivity contribution in [3.63, 3.8) is 0 Å². The van der Waals surface area contributed by atoms with Crippen molar-refractivity contribution in [3.05, 3.63) is 35.5 Å². The molecule has 2 N–H and O–H groups in total. The zero-order chi connectivity index (χ0) is 21.2. The molecule has 0 bridgehead atoms. The summed E-state index contributed by atoms with van der Waals surface area (Å²) in [6.45, 7) is 11.9. The first kappa shape index (κ1) is 22.5. The molecule has 8 heteroatoms. The highest BCUT2D eigenvalue weighted by atomic mass is 16.5. The van der Waals surface area contributed by atoms with Gasteiger partial charge in [-0.3, -0.25) is 4.99 Å². The quantitative estimate of drug-likeness (QED) is 0.463. The number of guanidine groups is 1. The number of benzene rings is 1. The van der Waals surface area contributed by atoms with Crippen molar-refractivity contribution in [2.45, 2.75) is 53.0 Å². The Morgan fingerprint density at radius 3 is 2.48 bits per heavy atom. The summed E-state index contributed by atoms with van der Waals surface area (Å²) in [5.41, 5.74) is 1.08. The summed E-state index contributed by atoms with van der Waals surface area (Å²) in [5, 5.41) is 10.7. The first-order chi connectivity index (χ1) is 14.0. The second kappa shape index (κ2) is 11.3. The average Bonchev–Trinajstić information content (AvgIpc) is 3.18. The summed E-state index contributed by atoms with van der Waals surface area (Å²) in [6.07, 6.45) is 0.631. The molecule has 1 aromatic carbocycles. The van der Waals surface area contributed by atoms with E-state index in [0.717, 1.165) is 22.9 Å². The zero-order valence-electron chi connectivity index (χ0n) is 18.3. The Bertz CT molecular complexity index is 788. The number of aliphatic imine (C=N–C) groups is 1. The molecule has 1 unspecified atom stereocenters. The van der Waals surface area contributed by atoms with E-state index < -0.39 is 0 Å². The lowest BCUT2D eigenvalue weighted by Crippen LogP contribution is -2.39. The fourth-order valence-corrected chi connectivity index (χ4v) is 2.71. The van der Waals surface area contributed by atoms with Gasteiger partial charge in [-0.1, -0.05) is 25.1 Å². The molecule has 29 heavy (non-hydrogen) atoms. The van der Waals surface area contributed by atoms with Crippen molar-refractivity contribution in [1.82, 2.24) is 20.8 Å². The van der Waals surface area contributed by atoms with Crippen LogP contribution in [0.15, 0.2) is 27.7 Å². The monoisotopic (exact) mass is 403 g/mol. The normalized spacial score (nSPS) is 12.7. The van der Waals surface area contributed by atoms with Gasteiger partial charge in [0.15, 0.2) is 23.3 Å². The van der Waals surface area contributed by atoms with E-state index in [2.05, 4.69) is 32.7 Å². The number of aromatic nitrogens is 2. The van der Waals surface area contributed by atoms with Crippen molar-refractivity contribution < 1.29 is 14.0 Å². The van der Waals surface area contributed by atoms with E-state index in [9.17, 15) is 0 Å². The van der Waals surface area contributed by atoms with Crippen LogP contribution in [0.4, 0.5) is 0 Å². The van der Waals surface area contributed by atoms with Crippen LogP contribution < -0.4 is 20.1 Å². The van der Waals surface area contributed by atoms with Crippen molar-refractivity contribution in [2.24, 2.45) is 4.99 Å². The van der Waals surface area contributed by atoms with Crippen LogP contribution in [0.3, 0.4) is 0 Å². The van der Waals surface area contributed by atoms with Crippen molar-refractivity contribution in [3.8, 4) is 11.5 Å². The lowest BCUT2D eigenvalue weighted by Gasteiger charge is -2.20. The molecule has 0 radical (unpaired) electrons. The molecule has 1 heterocycles. The molecule has 1 aromatic heterocycles. The fraction of sp³-hybridized carbons (Fsp3) is 0.571. The smallest absolute Gasteiger partial charge is 0.228 e. The Morgan fingerprint density at radius 2 is 1.86 bits per heavy atom. The predicted molar refractivity (Wildman–Crippen MR) is 114 cm³/mol. The van der Waals surface area contributed by atoms with E-state index in [0.29, 0.717) is 38.0 Å². The maximum Gasteiger partial charge on any atom is 0.228 e. The molecule has 0 aliphatic heterocycles. The summed E-state index contributed by atoms with van der Waals surface area (Å²) in [4.78, 5) is 8.68. The van der Waals surface area contributed by atoms with E-state index in [1.807, 2.05) is 45.9 Å². The van der Waals surface area contributed by atoms with Gasteiger partial charge in [0.1, 0.15) is 0 Å². The third-order valence-electron chi connectivity index (χ3n) is 4.28. The number of nitrogens with zero attached hydrogens (tertiary/aromatic N) is 3. The second-order valence-electron chi connectivity index (χ2n) is 6.89. The van der Waals surface area contributed by atoms with Gasteiger partial charge < -0.3 is 24.6 Å². The highest BCUT2D eigenvalue weighted by Gasteiger charge is 2.13. The van der Waals surface area contributed by atoms with Crippen LogP contribution in [0.5, 0.6) is 11.5 Å². The van der Waals surface area contributed by atoms with Gasteiger partial charge in [-0.05, 0) is 38.5 Å². The Morgan fingerprint density at radius 1 is 1.14 bits per heavy atom. The minimum Gasteiger partial charge on any atom is -0.490 e. The molecule has 0 aliphatic carbocycles. The molecule has 0 amide bonds. The summed E-state index contributed by atoms with van der Waals surface area (Å²) < 4.78 is 16.6. The van der Waals surface area contributed by atoms with Gasteiger partial charge >= 0.3 is 0 Å². The first-order valence-electron chi connectivity index (χ1n) is 10.2. The Labute approximate surface area is 173 Å². The van der Waals surface area contributed by atoms with Crippen LogP contribution in [0.1, 0.15) is 63.9 Å². The Kier molecular flexibility index (Phi) is 8.76. The Balaban J connectivity index is 1.93. The van der Waals surface area contributed by atoms with Gasteiger partial charge in [-0.25, -0.2) is 0 Å². The summed E-state index contributed by atoms with van der Waals surface area (Å²) in [7, 11) is 1.75. The molecular weight excluding hydrogens is 370 g/mol. The standard InChI is InChI=1S/C21H33N5O3/c1-7-27-17-10-9-16(13-18(17)28-8-2)15(5)24-21(22-6)23-12-11-19-25-20(14(3)4)26-29-19/h9-10,13-15H,7-8,11-12H2,1-6H3,(H2,22,23,24). The van der Waals surface area contributed by atoms with Crippen LogP contribution in [0.25, 0.3) is 0 Å². The highest BCUT2D eigenvalue weighted by Crippen LogP contribution is 2.30. The number of ether oxygens (including phenoxy) is 2. The maximum atomic E-state index is 5.72. The molecule has 1 atom stereocenters. The maximum absolute atomic E-state index is 5.72. The van der Waals surface area contributed by atoms with Crippen LogP contribution in [0, 0.1) is 0 Å². The molecule has 8 nitrogen and oxygen atoms in total. The van der Waals surface area contributed by atoms with Gasteiger partial charge in [-0.2, -0.15) is 4.98 Å². The van der Waals surface area contributed by atoms with Gasteiger partial charge in [0, 0.05) is 25.9 Å². The van der Waals surface area contributed by atoms with Gasteiger partial charge in [0.2, 0.25) is 5.89 Å². The van der Waals surface area contributed by atoms with E-state index in [1.54, 1.807) is 7.05 Å². The Hall–Kier alpha value is -2.77. The van der Waals surface area contributed by atoms with E-state index >= 15 is 0 Å². The summed E-state index contributed by atoms with van der Waals surface area (Å²) in [6, 6.07) is 6.02. The average molecular weight is 404 g/mol. The zero-order valence-corrected chi connectivity index (χ0v) is 18.3. The minimum atomic E-state index is 0.0343. The van der Waals surface area contributed by atoms with Crippen molar-refractivity contribution in [2.75, 3.05) is 26.8 Å². The third-order valence-corrected chi connectivity index (χ3v) is 4.28. The van der Waals surface area contributed by atoms with Gasteiger partial charge in [0.25, 0.3) is 0 Å². The lowest BCUT2D eigenvalue weighted by atomic mass is 10.1. The molecule has 2 aromatic rings. The first-order valence-corrected chi connectivity index (χ1v) is 10.2. The highest BCUT2D eigenvalue weighted by molar-refractivity contribution is 5.80. The van der Waals surface area contributed by atoms with Crippen molar-refractivity contribution >= 4 is 5.96 Å². The molecule has 2 rings (SSSR count). The lowest BCUT2D eigenvalue weighted by molar-refractivity contribution is 0.287. The molecule has 0 saturated heterocycles. The van der Waals surface area contributed by atoms with E-state index in [1.165, 1.54) is 0 Å². The molecule has 160 valence electrons. The van der Waals surface area contributed by atoms with E-state index in [-0.39, 0.29) is 12.0 Å². The SMILES string of the molecule is CCOc1ccc(C(C)NC(=NC)NCCc2nc(C(C)C)no2)cc1OCC. The molecule has 0 fully saturated rings. The number of nitrogens with one attached hydrogen (secondary N) is 2. The predicted octanol–water partition coefficient (Wildman–Crippen LogP) is 3.46. The van der Waals surface area contributed by atoms with Crippen LogP contribution in [-0.2, 0) is 6.42 Å². The van der Waals surface area contributed by atoms with E-state index in [4.69, 9.17) is 14.0 Å². The summed E-state index contributed by atoms with van der Waals surface area (Å²) >= 11 is 0. The fourth-order valence-electron chi connectivity index (χ4n) is 2.71. The van der Waals surface area contributed by atoms with Crippen LogP contribution >= 0.6 is 0 Å². The third kappa shape index (κ3) is 6.66. The number of rotatable bonds is 10. The molecule has 0 spiro atoms. The van der Waals surface area contributed by atoms with Crippen molar-refractivity contribution in [1.29, 1.82) is 0 Å². The topological polar surface area (TPSA) is 93.8 Å². The van der Waals surface area contributed by atoms with Crippen LogP contribution in [-0.4, -0.2) is 42.9 Å². The number of hydrogen-bond donors (Lipinski definition) is 2. The molecule has 0 saturated carbocycles. The number of hydrogen-bond acceptors (Lipinski definition) is 6. The van der Waals surface area contributed by atoms with Crippen LogP contribution in [0.2, 0.25) is 0 Å². The molecular formula is C21H33N5O3. The minimum absolute atomic E-state index is 0.0343. The van der Waals surface area contributed by atoms with Gasteiger partial charge in [0.05, 0.1) is 19.3 Å². The van der Waals surface area contributed by atoms with Gasteiger partial charge in [-0.15, -0.1) is 0 Å². The second-order valence-corrected chi connectivity index (χ2v) is 6.89. The largest absolute Gasteiger partial charge is 0.490 e. The molecule has 0 aliphatic rings.